The van der Waals surface area contributed by atoms with E-state index in [0.29, 0.717) is 12.2 Å². The lowest BCUT2D eigenvalue weighted by Gasteiger charge is -1.85. The van der Waals surface area contributed by atoms with Crippen molar-refractivity contribution in [3.63, 3.8) is 0 Å². The molecule has 0 N–H and O–H groups in total. The number of thiol groups is 1. The van der Waals surface area contributed by atoms with E-state index in [1.165, 1.54) is 6.29 Å². The van der Waals surface area contributed by atoms with Gasteiger partial charge in [0.15, 0.2) is 0 Å². The van der Waals surface area contributed by atoms with Crippen LogP contribution in [0.2, 0.25) is 0 Å². The molecule has 0 unspecified atom stereocenters. The van der Waals surface area contributed by atoms with Crippen molar-refractivity contribution in [1.82, 2.24) is 0 Å². The van der Waals surface area contributed by atoms with Gasteiger partial charge in [-0.3, -0.25) is 9.59 Å². The molecule has 0 saturated heterocycles. The molecule has 0 amide bonds. The molecule has 0 saturated carbocycles. The maximum atomic E-state index is 10.3. The van der Waals surface area contributed by atoms with Crippen LogP contribution in [0.1, 0.15) is 12.8 Å². The van der Waals surface area contributed by atoms with Crippen LogP contribution in [0.15, 0.2) is 0 Å². The van der Waals surface area contributed by atoms with Crippen LogP contribution in [0.4, 0.5) is 0 Å². The standard InChI is InChI=1S/C5H7O2S/c6-3-1-5(7)2-4-8/h8H,1-2,4H2. The van der Waals surface area contributed by atoms with Gasteiger partial charge in [-0.05, 0) is 5.75 Å². The monoisotopic (exact) mass is 131 g/mol. The van der Waals surface area contributed by atoms with Crippen molar-refractivity contribution < 1.29 is 9.59 Å². The summed E-state index contributed by atoms with van der Waals surface area (Å²) in [4.78, 5) is 19.9. The van der Waals surface area contributed by atoms with E-state index in [1.54, 1.807) is 0 Å². The van der Waals surface area contributed by atoms with Crippen molar-refractivity contribution in [3.8, 4) is 0 Å². The summed E-state index contributed by atoms with van der Waals surface area (Å²) in [6, 6.07) is 0. The molecule has 0 aliphatic rings. The van der Waals surface area contributed by atoms with E-state index < -0.39 is 0 Å². The Balaban J connectivity index is 3.18. The zero-order valence-corrected chi connectivity index (χ0v) is 5.28. The summed E-state index contributed by atoms with van der Waals surface area (Å²) in [6.45, 7) is 0. The highest BCUT2D eigenvalue weighted by molar-refractivity contribution is 7.80. The van der Waals surface area contributed by atoms with Gasteiger partial charge < -0.3 is 0 Å². The normalized spacial score (nSPS) is 8.62. The van der Waals surface area contributed by atoms with Crippen LogP contribution < -0.4 is 0 Å². The Morgan fingerprint density at radius 1 is 1.62 bits per heavy atom. The topological polar surface area (TPSA) is 34.1 Å². The summed E-state index contributed by atoms with van der Waals surface area (Å²) in [7, 11) is 0. The van der Waals surface area contributed by atoms with Gasteiger partial charge in [0.2, 0.25) is 6.29 Å². The van der Waals surface area contributed by atoms with Gasteiger partial charge in [-0.25, -0.2) is 0 Å². The maximum Gasteiger partial charge on any atom is 0.206 e. The number of ketones is 1. The Bertz CT molecular complexity index is 90.4. The molecule has 0 heterocycles. The minimum Gasteiger partial charge on any atom is -0.299 e. The Labute approximate surface area is 53.7 Å². The number of carbonyl (C=O) groups is 1. The fourth-order valence-electron chi connectivity index (χ4n) is 0.294. The molecule has 0 bridgehead atoms. The first-order valence-corrected chi connectivity index (χ1v) is 2.92. The molecule has 0 atom stereocenters. The lowest BCUT2D eigenvalue weighted by molar-refractivity contribution is -0.117. The predicted molar refractivity (Wildman–Crippen MR) is 33.8 cm³/mol. The molecular weight excluding hydrogens is 124 g/mol. The fourth-order valence-corrected chi connectivity index (χ4v) is 0.543. The van der Waals surface area contributed by atoms with Gasteiger partial charge in [0.1, 0.15) is 5.78 Å². The molecule has 0 aliphatic heterocycles. The van der Waals surface area contributed by atoms with Crippen molar-refractivity contribution in [2.75, 3.05) is 5.75 Å². The third-order valence-corrected chi connectivity index (χ3v) is 0.884. The number of hydrogen-bond acceptors (Lipinski definition) is 3. The highest BCUT2D eigenvalue weighted by atomic mass is 32.1. The summed E-state index contributed by atoms with van der Waals surface area (Å²) in [6.07, 6.45) is 1.81. The largest absolute Gasteiger partial charge is 0.299 e. The Morgan fingerprint density at radius 3 is 2.62 bits per heavy atom. The van der Waals surface area contributed by atoms with Gasteiger partial charge in [0, 0.05) is 6.42 Å². The highest BCUT2D eigenvalue weighted by Crippen LogP contribution is 1.88. The number of rotatable bonds is 4. The maximum absolute atomic E-state index is 10.3. The summed E-state index contributed by atoms with van der Waals surface area (Å²) >= 11 is 3.80. The first-order chi connectivity index (χ1) is 3.81. The quantitative estimate of drug-likeness (QED) is 0.442. The van der Waals surface area contributed by atoms with Gasteiger partial charge >= 0.3 is 0 Å². The van der Waals surface area contributed by atoms with Gasteiger partial charge in [0.05, 0.1) is 6.42 Å². The molecule has 8 heavy (non-hydrogen) atoms. The molecule has 0 aromatic carbocycles. The molecule has 0 fully saturated rings. The molecule has 0 spiro atoms. The second-order valence-electron chi connectivity index (χ2n) is 1.33. The van der Waals surface area contributed by atoms with E-state index in [-0.39, 0.29) is 12.2 Å². The lowest BCUT2D eigenvalue weighted by atomic mass is 10.2. The van der Waals surface area contributed by atoms with Gasteiger partial charge in [-0.2, -0.15) is 12.6 Å². The second-order valence-corrected chi connectivity index (χ2v) is 1.78. The third-order valence-electron chi connectivity index (χ3n) is 0.660. The molecule has 0 aromatic rings. The minimum atomic E-state index is -0.0880. The Morgan fingerprint density at radius 2 is 2.25 bits per heavy atom. The van der Waals surface area contributed by atoms with E-state index in [1.807, 2.05) is 0 Å². The van der Waals surface area contributed by atoms with Crippen molar-refractivity contribution in [1.29, 1.82) is 0 Å². The molecule has 3 heteroatoms. The number of carbonyl (C=O) groups excluding carboxylic acids is 2. The van der Waals surface area contributed by atoms with Crippen LogP contribution in [0.3, 0.4) is 0 Å². The third kappa shape index (κ3) is 3.87. The van der Waals surface area contributed by atoms with E-state index in [0.717, 1.165) is 0 Å². The van der Waals surface area contributed by atoms with E-state index in [2.05, 4.69) is 12.6 Å². The zero-order valence-electron chi connectivity index (χ0n) is 4.39. The SMILES string of the molecule is O=[C]CC(=O)CCS. The minimum absolute atomic E-state index is 0.0828. The smallest absolute Gasteiger partial charge is 0.206 e. The van der Waals surface area contributed by atoms with Crippen LogP contribution in [-0.2, 0) is 9.59 Å². The lowest BCUT2D eigenvalue weighted by Crippen LogP contribution is -1.97. The molecule has 0 aromatic heterocycles. The zero-order chi connectivity index (χ0) is 6.41. The van der Waals surface area contributed by atoms with E-state index in [4.69, 9.17) is 0 Å². The van der Waals surface area contributed by atoms with Gasteiger partial charge in [-0.1, -0.05) is 0 Å². The van der Waals surface area contributed by atoms with E-state index >= 15 is 0 Å². The van der Waals surface area contributed by atoms with Crippen molar-refractivity contribution in [3.05, 3.63) is 0 Å². The molecule has 2 nitrogen and oxygen atoms in total. The fraction of sp³-hybridized carbons (Fsp3) is 0.600. The molecule has 0 aliphatic carbocycles. The Kier molecular flexibility index (Phi) is 4.65. The molecular formula is C5H7O2S. The summed E-state index contributed by atoms with van der Waals surface area (Å²) in [5.41, 5.74) is 0. The summed E-state index contributed by atoms with van der Waals surface area (Å²) in [5, 5.41) is 0. The van der Waals surface area contributed by atoms with Crippen LogP contribution >= 0.6 is 12.6 Å². The van der Waals surface area contributed by atoms with E-state index in [9.17, 15) is 9.59 Å². The summed E-state index contributed by atoms with van der Waals surface area (Å²) < 4.78 is 0. The van der Waals surface area contributed by atoms with Crippen LogP contribution in [0, 0.1) is 0 Å². The first kappa shape index (κ1) is 7.69. The number of hydrogen-bond donors (Lipinski definition) is 1. The van der Waals surface area contributed by atoms with Crippen LogP contribution in [0.25, 0.3) is 0 Å². The molecule has 0 rings (SSSR count). The van der Waals surface area contributed by atoms with Gasteiger partial charge in [0.25, 0.3) is 0 Å². The molecule has 1 radical (unpaired) electrons. The van der Waals surface area contributed by atoms with Crippen molar-refractivity contribution in [2.45, 2.75) is 12.8 Å². The highest BCUT2D eigenvalue weighted by Gasteiger charge is 1.96. The number of Topliss-reactive ketones (excluding diaryl/α,β-unsaturated/α-hetero) is 1. The Hall–Kier alpha value is -0.310. The van der Waals surface area contributed by atoms with Gasteiger partial charge in [-0.15, -0.1) is 0 Å². The average molecular weight is 131 g/mol. The van der Waals surface area contributed by atoms with Crippen LogP contribution in [0.5, 0.6) is 0 Å². The van der Waals surface area contributed by atoms with Crippen molar-refractivity contribution in [2.24, 2.45) is 0 Å². The predicted octanol–water partition coefficient (Wildman–Crippen LogP) is 0.375. The second kappa shape index (κ2) is 4.84. The summed E-state index contributed by atoms with van der Waals surface area (Å²) in [5.74, 6) is 0.426. The van der Waals surface area contributed by atoms with Crippen molar-refractivity contribution >= 4 is 24.7 Å². The average Bonchev–Trinajstić information content (AvgIpc) is 1.68. The van der Waals surface area contributed by atoms with Crippen LogP contribution in [-0.4, -0.2) is 17.8 Å². The first-order valence-electron chi connectivity index (χ1n) is 2.29. The molecule has 45 valence electrons.